The number of imidazole rings is 1. The summed E-state index contributed by atoms with van der Waals surface area (Å²) in [7, 11) is 0. The van der Waals surface area contributed by atoms with Crippen molar-refractivity contribution in [2.24, 2.45) is 5.73 Å². The van der Waals surface area contributed by atoms with Crippen LogP contribution in [0.25, 0.3) is 0 Å². The van der Waals surface area contributed by atoms with Crippen LogP contribution in [0.5, 0.6) is 0 Å². The Hall–Kier alpha value is -1.53. The molecule has 2 rings (SSSR count). The van der Waals surface area contributed by atoms with E-state index >= 15 is 0 Å². The van der Waals surface area contributed by atoms with Crippen molar-refractivity contribution >= 4 is 34.7 Å². The van der Waals surface area contributed by atoms with Gasteiger partial charge in [0.25, 0.3) is 0 Å². The molecule has 0 amide bonds. The Balaban J connectivity index is 1.96. The zero-order chi connectivity index (χ0) is 14.4. The van der Waals surface area contributed by atoms with Crippen molar-refractivity contribution in [1.82, 2.24) is 9.55 Å². The quantitative estimate of drug-likeness (QED) is 0.468. The van der Waals surface area contributed by atoms with Gasteiger partial charge in [-0.25, -0.2) is 4.98 Å². The molecule has 3 N–H and O–H groups in total. The molecular weight excluding hydrogens is 288 g/mol. The molecule has 0 atom stereocenters. The molecule has 0 saturated heterocycles. The summed E-state index contributed by atoms with van der Waals surface area (Å²) in [4.78, 5) is 5.57. The summed E-state index contributed by atoms with van der Waals surface area (Å²) in [5, 5.41) is 3.42. The van der Waals surface area contributed by atoms with E-state index in [0.717, 1.165) is 35.7 Å². The number of nitrogens with one attached hydrogen (secondary N) is 1. The average Bonchev–Trinajstić information content (AvgIpc) is 2.96. The smallest absolute Gasteiger partial charge is 0.107 e. The summed E-state index contributed by atoms with van der Waals surface area (Å²) in [6, 6.07) is 6.08. The highest BCUT2D eigenvalue weighted by Crippen LogP contribution is 2.27. The number of thioether (sulfide) groups is 1. The zero-order valence-electron chi connectivity index (χ0n) is 11.4. The molecule has 0 spiro atoms. The van der Waals surface area contributed by atoms with Gasteiger partial charge < -0.3 is 15.6 Å². The number of benzene rings is 1. The summed E-state index contributed by atoms with van der Waals surface area (Å²) in [5.74, 6) is 0. The van der Waals surface area contributed by atoms with Gasteiger partial charge in [0.15, 0.2) is 0 Å². The van der Waals surface area contributed by atoms with Gasteiger partial charge in [0, 0.05) is 41.6 Å². The maximum Gasteiger partial charge on any atom is 0.107 e. The molecule has 0 saturated carbocycles. The van der Waals surface area contributed by atoms with Crippen LogP contribution >= 0.6 is 24.0 Å². The van der Waals surface area contributed by atoms with Crippen LogP contribution in [0.15, 0.2) is 41.8 Å². The second-order valence-electron chi connectivity index (χ2n) is 4.33. The van der Waals surface area contributed by atoms with Crippen LogP contribution < -0.4 is 11.1 Å². The van der Waals surface area contributed by atoms with E-state index in [4.69, 9.17) is 18.0 Å². The number of nitrogens with two attached hydrogens (primary N) is 1. The predicted octanol–water partition coefficient (Wildman–Crippen LogP) is 2.74. The van der Waals surface area contributed by atoms with Crippen molar-refractivity contribution in [3.05, 3.63) is 42.5 Å². The Morgan fingerprint density at radius 3 is 3.00 bits per heavy atom. The summed E-state index contributed by atoms with van der Waals surface area (Å²) in [5.41, 5.74) is 7.79. The fourth-order valence-corrected chi connectivity index (χ4v) is 2.93. The van der Waals surface area contributed by atoms with Crippen molar-refractivity contribution in [2.45, 2.75) is 17.9 Å². The number of thiocarbonyl (C=S) groups is 1. The Labute approximate surface area is 128 Å². The highest BCUT2D eigenvalue weighted by Gasteiger charge is 2.09. The summed E-state index contributed by atoms with van der Waals surface area (Å²) >= 11 is 6.81. The van der Waals surface area contributed by atoms with Gasteiger partial charge in [0.1, 0.15) is 4.99 Å². The third-order valence-corrected chi connectivity index (χ3v) is 3.94. The number of rotatable bonds is 7. The normalized spacial score (nSPS) is 10.4. The highest BCUT2D eigenvalue weighted by atomic mass is 32.2. The lowest BCUT2D eigenvalue weighted by atomic mass is 10.1. The van der Waals surface area contributed by atoms with E-state index in [2.05, 4.69) is 14.9 Å². The van der Waals surface area contributed by atoms with Crippen LogP contribution in [0, 0.1) is 0 Å². The summed E-state index contributed by atoms with van der Waals surface area (Å²) < 4.78 is 2.06. The van der Waals surface area contributed by atoms with Crippen molar-refractivity contribution in [3.8, 4) is 0 Å². The van der Waals surface area contributed by atoms with Crippen LogP contribution in [-0.4, -0.2) is 27.3 Å². The van der Waals surface area contributed by atoms with Crippen LogP contribution in [0.2, 0.25) is 0 Å². The van der Waals surface area contributed by atoms with E-state index in [1.165, 1.54) is 0 Å². The monoisotopic (exact) mass is 306 g/mol. The van der Waals surface area contributed by atoms with Gasteiger partial charge in [-0.1, -0.05) is 18.3 Å². The molecule has 0 fully saturated rings. The molecule has 106 valence electrons. The van der Waals surface area contributed by atoms with E-state index < -0.39 is 0 Å². The highest BCUT2D eigenvalue weighted by molar-refractivity contribution is 7.98. The number of hydrogen-bond donors (Lipinski definition) is 2. The number of aryl methyl sites for hydroxylation is 1. The first-order valence-corrected chi connectivity index (χ1v) is 8.02. The maximum atomic E-state index is 5.84. The second kappa shape index (κ2) is 7.31. The lowest BCUT2D eigenvalue weighted by Crippen LogP contribution is -2.15. The number of nitrogens with zero attached hydrogens (tertiary/aromatic N) is 2. The van der Waals surface area contributed by atoms with E-state index in [0.29, 0.717) is 4.99 Å². The van der Waals surface area contributed by atoms with Crippen molar-refractivity contribution in [1.29, 1.82) is 0 Å². The van der Waals surface area contributed by atoms with Gasteiger partial charge in [-0.2, -0.15) is 0 Å². The topological polar surface area (TPSA) is 55.9 Å². The summed E-state index contributed by atoms with van der Waals surface area (Å²) in [6.45, 7) is 1.81. The van der Waals surface area contributed by atoms with Crippen LogP contribution in [0.4, 0.5) is 5.69 Å². The zero-order valence-corrected chi connectivity index (χ0v) is 13.0. The first kappa shape index (κ1) is 14.9. The standard InChI is InChI=1S/C14H18N4S2/c1-20-12-5-2-4-11(13(12)14(15)19)17-6-3-8-18-9-7-16-10-18/h2,4-5,7,9-10,17H,3,6,8H2,1H3,(H2,15,19). The molecule has 6 heteroatoms. The minimum Gasteiger partial charge on any atom is -0.389 e. The molecule has 1 aromatic carbocycles. The Morgan fingerprint density at radius 2 is 2.35 bits per heavy atom. The largest absolute Gasteiger partial charge is 0.389 e. The van der Waals surface area contributed by atoms with Gasteiger partial charge >= 0.3 is 0 Å². The molecule has 4 nitrogen and oxygen atoms in total. The third-order valence-electron chi connectivity index (χ3n) is 2.96. The molecule has 20 heavy (non-hydrogen) atoms. The fraction of sp³-hybridized carbons (Fsp3) is 0.286. The van der Waals surface area contributed by atoms with Gasteiger partial charge in [-0.3, -0.25) is 0 Å². The van der Waals surface area contributed by atoms with Crippen molar-refractivity contribution in [2.75, 3.05) is 18.1 Å². The predicted molar refractivity (Wildman–Crippen MR) is 89.4 cm³/mol. The molecule has 2 aromatic rings. The van der Waals surface area contributed by atoms with Gasteiger partial charge in [0.05, 0.1) is 6.33 Å². The molecule has 0 aliphatic rings. The Morgan fingerprint density at radius 1 is 1.50 bits per heavy atom. The Bertz CT molecular complexity index is 567. The molecule has 1 aromatic heterocycles. The minimum atomic E-state index is 0.437. The van der Waals surface area contributed by atoms with Crippen LogP contribution in [0.3, 0.4) is 0 Å². The molecule has 0 radical (unpaired) electrons. The fourth-order valence-electron chi connectivity index (χ4n) is 2.01. The van der Waals surface area contributed by atoms with Gasteiger partial charge in [-0.15, -0.1) is 11.8 Å². The maximum absolute atomic E-state index is 5.84. The van der Waals surface area contributed by atoms with Crippen LogP contribution in [0.1, 0.15) is 12.0 Å². The lowest BCUT2D eigenvalue weighted by Gasteiger charge is -2.14. The lowest BCUT2D eigenvalue weighted by molar-refractivity contribution is 0.660. The average molecular weight is 306 g/mol. The van der Waals surface area contributed by atoms with E-state index in [-0.39, 0.29) is 0 Å². The summed E-state index contributed by atoms with van der Waals surface area (Å²) in [6.07, 6.45) is 8.63. The first-order chi connectivity index (χ1) is 9.72. The van der Waals surface area contributed by atoms with Crippen molar-refractivity contribution < 1.29 is 0 Å². The first-order valence-electron chi connectivity index (χ1n) is 6.39. The number of aromatic nitrogens is 2. The number of anilines is 1. The molecule has 0 unspecified atom stereocenters. The van der Waals surface area contributed by atoms with Gasteiger partial charge in [-0.05, 0) is 24.8 Å². The molecule has 0 aliphatic heterocycles. The van der Waals surface area contributed by atoms with E-state index in [1.807, 2.05) is 37.0 Å². The third kappa shape index (κ3) is 3.74. The molecule has 1 heterocycles. The SMILES string of the molecule is CSc1cccc(NCCCn2ccnc2)c1C(N)=S. The molecule has 0 bridgehead atoms. The van der Waals surface area contributed by atoms with Crippen LogP contribution in [-0.2, 0) is 6.54 Å². The minimum absolute atomic E-state index is 0.437. The van der Waals surface area contributed by atoms with E-state index in [1.54, 1.807) is 18.0 Å². The number of hydrogen-bond acceptors (Lipinski definition) is 4. The Kier molecular flexibility index (Phi) is 5.43. The second-order valence-corrected chi connectivity index (χ2v) is 5.62. The van der Waals surface area contributed by atoms with Gasteiger partial charge in [0.2, 0.25) is 0 Å². The molecular formula is C14H18N4S2. The van der Waals surface area contributed by atoms with Crippen molar-refractivity contribution in [3.63, 3.8) is 0 Å². The van der Waals surface area contributed by atoms with E-state index in [9.17, 15) is 0 Å². The molecule has 0 aliphatic carbocycles.